The summed E-state index contributed by atoms with van der Waals surface area (Å²) in [5.74, 6) is 0.894. The van der Waals surface area contributed by atoms with Crippen molar-refractivity contribution in [2.45, 2.75) is 19.4 Å². The Kier molecular flexibility index (Phi) is 2.73. The van der Waals surface area contributed by atoms with E-state index in [1.54, 1.807) is 20.3 Å². The normalized spacial score (nSPS) is 18.7. The minimum Gasteiger partial charge on any atom is -0.493 e. The smallest absolute Gasteiger partial charge is 0.338 e. The third-order valence-electron chi connectivity index (χ3n) is 2.64. The molecule has 4 nitrogen and oxygen atoms in total. The van der Waals surface area contributed by atoms with Crippen molar-refractivity contribution < 1.29 is 19.0 Å². The molecule has 4 heteroatoms. The second-order valence-electron chi connectivity index (χ2n) is 3.78. The Morgan fingerprint density at radius 1 is 1.25 bits per heavy atom. The number of hydrogen-bond donors (Lipinski definition) is 0. The zero-order valence-corrected chi connectivity index (χ0v) is 9.57. The van der Waals surface area contributed by atoms with Crippen LogP contribution in [0.1, 0.15) is 22.8 Å². The fraction of sp³-hybridized carbons (Fsp3) is 0.417. The molecule has 1 unspecified atom stereocenters. The number of cyclic esters (lactones) is 1. The standard InChI is InChI=1S/C12H14O4/c1-7-4-8-5-10(14-2)11(15-3)6-9(8)12(13)16-7/h5-7H,4H2,1-3H3. The maximum absolute atomic E-state index is 11.6. The molecule has 1 aliphatic heterocycles. The molecule has 0 aliphatic carbocycles. The van der Waals surface area contributed by atoms with Gasteiger partial charge in [0, 0.05) is 6.42 Å². The summed E-state index contributed by atoms with van der Waals surface area (Å²) in [7, 11) is 3.12. The summed E-state index contributed by atoms with van der Waals surface area (Å²) in [4.78, 5) is 11.6. The Morgan fingerprint density at radius 2 is 1.88 bits per heavy atom. The van der Waals surface area contributed by atoms with E-state index >= 15 is 0 Å². The van der Waals surface area contributed by atoms with Gasteiger partial charge in [-0.15, -0.1) is 0 Å². The SMILES string of the molecule is COc1cc2c(cc1OC)C(=O)OC(C)C2. The first kappa shape index (κ1) is 10.8. The molecule has 0 bridgehead atoms. The number of esters is 1. The molecule has 16 heavy (non-hydrogen) atoms. The largest absolute Gasteiger partial charge is 0.493 e. The third kappa shape index (κ3) is 1.71. The number of benzene rings is 1. The van der Waals surface area contributed by atoms with Crippen LogP contribution < -0.4 is 9.47 Å². The number of hydrogen-bond acceptors (Lipinski definition) is 4. The second kappa shape index (κ2) is 4.04. The molecule has 0 saturated carbocycles. The van der Waals surface area contributed by atoms with E-state index in [0.717, 1.165) is 5.56 Å². The van der Waals surface area contributed by atoms with Crippen LogP contribution in [0, 0.1) is 0 Å². The van der Waals surface area contributed by atoms with Gasteiger partial charge < -0.3 is 14.2 Å². The van der Waals surface area contributed by atoms with Crippen LogP contribution >= 0.6 is 0 Å². The highest BCUT2D eigenvalue weighted by Crippen LogP contribution is 2.33. The van der Waals surface area contributed by atoms with Gasteiger partial charge >= 0.3 is 5.97 Å². The Morgan fingerprint density at radius 3 is 2.50 bits per heavy atom. The zero-order chi connectivity index (χ0) is 11.7. The van der Waals surface area contributed by atoms with Crippen LogP contribution in [0.3, 0.4) is 0 Å². The maximum Gasteiger partial charge on any atom is 0.338 e. The molecule has 0 N–H and O–H groups in total. The molecule has 0 saturated heterocycles. The molecule has 0 spiro atoms. The molecule has 86 valence electrons. The van der Waals surface area contributed by atoms with Crippen molar-refractivity contribution in [3.05, 3.63) is 23.3 Å². The summed E-state index contributed by atoms with van der Waals surface area (Å²) in [5.41, 5.74) is 1.51. The van der Waals surface area contributed by atoms with Gasteiger partial charge in [0.2, 0.25) is 0 Å². The molecule has 0 aromatic heterocycles. The summed E-state index contributed by atoms with van der Waals surface area (Å²) in [6.45, 7) is 1.87. The fourth-order valence-electron chi connectivity index (χ4n) is 1.88. The van der Waals surface area contributed by atoms with Gasteiger partial charge in [0.15, 0.2) is 11.5 Å². The van der Waals surface area contributed by atoms with E-state index in [2.05, 4.69) is 0 Å². The van der Waals surface area contributed by atoms with E-state index in [1.807, 2.05) is 13.0 Å². The summed E-state index contributed by atoms with van der Waals surface area (Å²) >= 11 is 0. The number of carbonyl (C=O) groups excluding carboxylic acids is 1. The van der Waals surface area contributed by atoms with Gasteiger partial charge in [-0.3, -0.25) is 0 Å². The fourth-order valence-corrected chi connectivity index (χ4v) is 1.88. The molecule has 2 rings (SSSR count). The number of carbonyl (C=O) groups is 1. The highest BCUT2D eigenvalue weighted by Gasteiger charge is 2.25. The topological polar surface area (TPSA) is 44.8 Å². The average Bonchev–Trinajstić information content (AvgIpc) is 2.27. The minimum atomic E-state index is -0.297. The van der Waals surface area contributed by atoms with Gasteiger partial charge in [-0.25, -0.2) is 4.79 Å². The van der Waals surface area contributed by atoms with Crippen LogP contribution in [0.15, 0.2) is 12.1 Å². The minimum absolute atomic E-state index is 0.0851. The first-order valence-electron chi connectivity index (χ1n) is 5.11. The predicted molar refractivity (Wildman–Crippen MR) is 58.1 cm³/mol. The first-order valence-corrected chi connectivity index (χ1v) is 5.11. The van der Waals surface area contributed by atoms with E-state index in [1.165, 1.54) is 0 Å². The third-order valence-corrected chi connectivity index (χ3v) is 2.64. The molecule has 0 radical (unpaired) electrons. The molecular formula is C12H14O4. The number of methoxy groups -OCH3 is 2. The Hall–Kier alpha value is -1.71. The van der Waals surface area contributed by atoms with Crippen molar-refractivity contribution in [1.29, 1.82) is 0 Å². The first-order chi connectivity index (χ1) is 7.65. The molecular weight excluding hydrogens is 208 g/mol. The summed E-state index contributed by atoms with van der Waals surface area (Å²) in [6.07, 6.45) is 0.625. The van der Waals surface area contributed by atoms with Crippen LogP contribution in [0.4, 0.5) is 0 Å². The van der Waals surface area contributed by atoms with Crippen LogP contribution in [-0.4, -0.2) is 26.3 Å². The molecule has 1 aliphatic rings. The highest BCUT2D eigenvalue weighted by molar-refractivity contribution is 5.93. The summed E-state index contributed by atoms with van der Waals surface area (Å²) in [6, 6.07) is 3.51. The molecule has 1 heterocycles. The van der Waals surface area contributed by atoms with Gasteiger partial charge in [0.1, 0.15) is 6.10 Å². The maximum atomic E-state index is 11.6. The number of fused-ring (bicyclic) bond motifs is 1. The zero-order valence-electron chi connectivity index (χ0n) is 9.57. The molecule has 1 atom stereocenters. The average molecular weight is 222 g/mol. The van der Waals surface area contributed by atoms with E-state index in [4.69, 9.17) is 14.2 Å². The van der Waals surface area contributed by atoms with Crippen LogP contribution in [-0.2, 0) is 11.2 Å². The molecule has 1 aromatic rings. The molecule has 1 aromatic carbocycles. The van der Waals surface area contributed by atoms with Crippen molar-refractivity contribution in [1.82, 2.24) is 0 Å². The Labute approximate surface area is 94.1 Å². The van der Waals surface area contributed by atoms with Crippen molar-refractivity contribution in [3.63, 3.8) is 0 Å². The van der Waals surface area contributed by atoms with E-state index in [-0.39, 0.29) is 12.1 Å². The van der Waals surface area contributed by atoms with Crippen molar-refractivity contribution in [2.75, 3.05) is 14.2 Å². The van der Waals surface area contributed by atoms with Crippen LogP contribution in [0.5, 0.6) is 11.5 Å². The van der Waals surface area contributed by atoms with Gasteiger partial charge in [0.25, 0.3) is 0 Å². The quantitative estimate of drug-likeness (QED) is 0.716. The lowest BCUT2D eigenvalue weighted by Gasteiger charge is -2.22. The summed E-state index contributed by atoms with van der Waals surface area (Å²) < 4.78 is 15.5. The van der Waals surface area contributed by atoms with Crippen molar-refractivity contribution in [3.8, 4) is 11.5 Å². The lowest BCUT2D eigenvalue weighted by atomic mass is 9.98. The van der Waals surface area contributed by atoms with Crippen LogP contribution in [0.2, 0.25) is 0 Å². The van der Waals surface area contributed by atoms with Crippen molar-refractivity contribution in [2.24, 2.45) is 0 Å². The Bertz CT molecular complexity index is 425. The van der Waals surface area contributed by atoms with Crippen molar-refractivity contribution >= 4 is 5.97 Å². The monoisotopic (exact) mass is 222 g/mol. The van der Waals surface area contributed by atoms with Gasteiger partial charge in [-0.2, -0.15) is 0 Å². The lowest BCUT2D eigenvalue weighted by Crippen LogP contribution is -2.25. The second-order valence-corrected chi connectivity index (χ2v) is 3.78. The lowest BCUT2D eigenvalue weighted by molar-refractivity contribution is 0.0300. The summed E-state index contributed by atoms with van der Waals surface area (Å²) in [5, 5.41) is 0. The highest BCUT2D eigenvalue weighted by atomic mass is 16.5. The van der Waals surface area contributed by atoms with E-state index < -0.39 is 0 Å². The van der Waals surface area contributed by atoms with E-state index in [0.29, 0.717) is 23.5 Å². The Balaban J connectivity index is 2.51. The van der Waals surface area contributed by atoms with E-state index in [9.17, 15) is 4.79 Å². The predicted octanol–water partition coefficient (Wildman–Crippen LogP) is 1.81. The molecule has 0 amide bonds. The van der Waals surface area contributed by atoms with Gasteiger partial charge in [-0.05, 0) is 24.6 Å². The number of rotatable bonds is 2. The number of ether oxygens (including phenoxy) is 3. The van der Waals surface area contributed by atoms with Gasteiger partial charge in [-0.1, -0.05) is 0 Å². The molecule has 0 fully saturated rings. The van der Waals surface area contributed by atoms with Gasteiger partial charge in [0.05, 0.1) is 19.8 Å². The van der Waals surface area contributed by atoms with Crippen LogP contribution in [0.25, 0.3) is 0 Å².